The van der Waals surface area contributed by atoms with E-state index >= 15 is 0 Å². The zero-order valence-electron chi connectivity index (χ0n) is 12.6. The third-order valence-electron chi connectivity index (χ3n) is 3.60. The summed E-state index contributed by atoms with van der Waals surface area (Å²) in [5, 5.41) is 3.54. The van der Waals surface area contributed by atoms with Crippen LogP contribution >= 0.6 is 0 Å². The number of nitrogens with one attached hydrogen (secondary N) is 1. The fourth-order valence-electron chi connectivity index (χ4n) is 1.99. The van der Waals surface area contributed by atoms with Gasteiger partial charge in [-0.15, -0.1) is 0 Å². The van der Waals surface area contributed by atoms with Gasteiger partial charge < -0.3 is 5.32 Å². The Balaban J connectivity index is 2.66. The molecule has 0 saturated heterocycles. The molecule has 0 aromatic heterocycles. The molecule has 19 heavy (non-hydrogen) atoms. The summed E-state index contributed by atoms with van der Waals surface area (Å²) in [4.78, 5) is 0.942. The van der Waals surface area contributed by atoms with E-state index < -0.39 is 10.8 Å². The van der Waals surface area contributed by atoms with Gasteiger partial charge in [-0.2, -0.15) is 0 Å². The molecule has 1 rings (SSSR count). The topological polar surface area (TPSA) is 29.1 Å². The van der Waals surface area contributed by atoms with Crippen LogP contribution in [0.2, 0.25) is 0 Å². The molecule has 0 aliphatic carbocycles. The Labute approximate surface area is 120 Å². The van der Waals surface area contributed by atoms with Gasteiger partial charge in [-0.3, -0.25) is 4.21 Å². The van der Waals surface area contributed by atoms with Crippen molar-refractivity contribution in [2.24, 2.45) is 5.92 Å². The van der Waals surface area contributed by atoms with Crippen molar-refractivity contribution in [1.82, 2.24) is 5.32 Å². The maximum Gasteiger partial charge on any atom is 0.0545 e. The predicted octanol–water partition coefficient (Wildman–Crippen LogP) is 3.52. The van der Waals surface area contributed by atoms with Crippen molar-refractivity contribution in [3.63, 3.8) is 0 Å². The van der Waals surface area contributed by atoms with Crippen LogP contribution in [0, 0.1) is 12.8 Å². The Morgan fingerprint density at radius 2 is 1.84 bits per heavy atom. The van der Waals surface area contributed by atoms with Gasteiger partial charge in [0.25, 0.3) is 0 Å². The molecule has 2 nitrogen and oxygen atoms in total. The van der Waals surface area contributed by atoms with Crippen molar-refractivity contribution in [3.8, 4) is 0 Å². The van der Waals surface area contributed by atoms with Gasteiger partial charge in [0, 0.05) is 16.7 Å². The average Bonchev–Trinajstić information content (AvgIpc) is 2.43. The van der Waals surface area contributed by atoms with Gasteiger partial charge in [-0.25, -0.2) is 0 Å². The van der Waals surface area contributed by atoms with Crippen LogP contribution in [0.5, 0.6) is 0 Å². The fraction of sp³-hybridized carbons (Fsp3) is 0.625. The minimum absolute atomic E-state index is 0.340. The predicted molar refractivity (Wildman–Crippen MR) is 84.0 cm³/mol. The summed E-state index contributed by atoms with van der Waals surface area (Å²) in [6.07, 6.45) is 2.23. The molecule has 0 fully saturated rings. The SMILES string of the molecule is CCCNC(CS(=O)c1ccc(C)cc1)C(C)CC. The summed E-state index contributed by atoms with van der Waals surface area (Å²) >= 11 is 0. The van der Waals surface area contributed by atoms with Crippen molar-refractivity contribution in [2.45, 2.75) is 51.5 Å². The second-order valence-electron chi connectivity index (χ2n) is 5.27. The van der Waals surface area contributed by atoms with Crippen LogP contribution in [0.3, 0.4) is 0 Å². The van der Waals surface area contributed by atoms with Crippen LogP contribution in [0.25, 0.3) is 0 Å². The first-order valence-corrected chi connectivity index (χ1v) is 8.58. The van der Waals surface area contributed by atoms with Crippen molar-refractivity contribution < 1.29 is 4.21 Å². The molecule has 0 aliphatic rings. The molecule has 108 valence electrons. The second-order valence-corrected chi connectivity index (χ2v) is 6.77. The molecular formula is C16H27NOS. The lowest BCUT2D eigenvalue weighted by atomic mass is 10.0. The Morgan fingerprint density at radius 1 is 1.21 bits per heavy atom. The van der Waals surface area contributed by atoms with Crippen LogP contribution in [0.15, 0.2) is 29.2 Å². The fourth-order valence-corrected chi connectivity index (χ4v) is 3.39. The molecule has 0 aliphatic heterocycles. The normalized spacial score (nSPS) is 16.0. The van der Waals surface area contributed by atoms with E-state index in [-0.39, 0.29) is 0 Å². The minimum Gasteiger partial charge on any atom is -0.313 e. The van der Waals surface area contributed by atoms with E-state index in [2.05, 4.69) is 33.0 Å². The van der Waals surface area contributed by atoms with Gasteiger partial charge in [0.15, 0.2) is 0 Å². The molecule has 3 unspecified atom stereocenters. The molecule has 0 spiro atoms. The largest absolute Gasteiger partial charge is 0.313 e. The number of rotatable bonds is 8. The zero-order chi connectivity index (χ0) is 14.3. The molecule has 1 N–H and O–H groups in total. The Morgan fingerprint density at radius 3 is 2.37 bits per heavy atom. The highest BCUT2D eigenvalue weighted by atomic mass is 32.2. The summed E-state index contributed by atoms with van der Waals surface area (Å²) < 4.78 is 12.4. The molecule has 0 heterocycles. The minimum atomic E-state index is -0.910. The van der Waals surface area contributed by atoms with Crippen molar-refractivity contribution >= 4 is 10.8 Å². The molecular weight excluding hydrogens is 254 g/mol. The molecule has 1 aromatic rings. The summed E-state index contributed by atoms with van der Waals surface area (Å²) in [5.74, 6) is 1.26. The van der Waals surface area contributed by atoms with Crippen LogP contribution in [0.1, 0.15) is 39.2 Å². The number of hydrogen-bond donors (Lipinski definition) is 1. The third-order valence-corrected chi connectivity index (χ3v) is 5.06. The van der Waals surface area contributed by atoms with E-state index in [0.29, 0.717) is 17.7 Å². The maximum atomic E-state index is 12.4. The van der Waals surface area contributed by atoms with Gasteiger partial charge >= 0.3 is 0 Å². The van der Waals surface area contributed by atoms with Gasteiger partial charge in [0.05, 0.1) is 10.8 Å². The first-order valence-electron chi connectivity index (χ1n) is 7.26. The van der Waals surface area contributed by atoms with Crippen molar-refractivity contribution in [1.29, 1.82) is 0 Å². The van der Waals surface area contributed by atoms with E-state index in [9.17, 15) is 4.21 Å². The number of aryl methyl sites for hydroxylation is 1. The lowest BCUT2D eigenvalue weighted by molar-refractivity contribution is 0.394. The molecule has 0 radical (unpaired) electrons. The summed E-state index contributed by atoms with van der Waals surface area (Å²) in [7, 11) is -0.910. The smallest absolute Gasteiger partial charge is 0.0545 e. The van der Waals surface area contributed by atoms with E-state index in [1.54, 1.807) is 0 Å². The molecule has 0 amide bonds. The first-order chi connectivity index (χ1) is 9.08. The molecule has 1 aromatic carbocycles. The number of benzene rings is 1. The summed E-state index contributed by atoms with van der Waals surface area (Å²) in [6.45, 7) is 9.65. The average molecular weight is 281 g/mol. The van der Waals surface area contributed by atoms with E-state index in [1.807, 2.05) is 24.3 Å². The van der Waals surface area contributed by atoms with E-state index in [1.165, 1.54) is 5.56 Å². The summed E-state index contributed by atoms with van der Waals surface area (Å²) in [6, 6.07) is 8.38. The van der Waals surface area contributed by atoms with E-state index in [0.717, 1.165) is 24.3 Å². The molecule has 3 atom stereocenters. The quantitative estimate of drug-likeness (QED) is 0.790. The second kappa shape index (κ2) is 8.49. The van der Waals surface area contributed by atoms with Crippen LogP contribution < -0.4 is 5.32 Å². The Bertz CT molecular complexity index is 388. The van der Waals surface area contributed by atoms with Gasteiger partial charge in [0.1, 0.15) is 0 Å². The van der Waals surface area contributed by atoms with Crippen LogP contribution in [-0.4, -0.2) is 22.5 Å². The standard InChI is InChI=1S/C16H27NOS/c1-5-11-17-16(14(4)6-2)12-19(18)15-9-7-13(3)8-10-15/h7-10,14,16-17H,5-6,11-12H2,1-4H3. The lowest BCUT2D eigenvalue weighted by Crippen LogP contribution is -2.39. The van der Waals surface area contributed by atoms with Crippen LogP contribution in [-0.2, 0) is 10.8 Å². The Kier molecular flexibility index (Phi) is 7.32. The van der Waals surface area contributed by atoms with E-state index in [4.69, 9.17) is 0 Å². The third kappa shape index (κ3) is 5.45. The molecule has 3 heteroatoms. The summed E-state index contributed by atoms with van der Waals surface area (Å²) in [5.41, 5.74) is 1.21. The van der Waals surface area contributed by atoms with Crippen molar-refractivity contribution in [3.05, 3.63) is 29.8 Å². The van der Waals surface area contributed by atoms with Gasteiger partial charge in [-0.1, -0.05) is 44.9 Å². The highest BCUT2D eigenvalue weighted by molar-refractivity contribution is 7.85. The first kappa shape index (κ1) is 16.4. The lowest BCUT2D eigenvalue weighted by Gasteiger charge is -2.24. The van der Waals surface area contributed by atoms with Crippen molar-refractivity contribution in [2.75, 3.05) is 12.3 Å². The van der Waals surface area contributed by atoms with Crippen LogP contribution in [0.4, 0.5) is 0 Å². The highest BCUT2D eigenvalue weighted by Gasteiger charge is 2.18. The highest BCUT2D eigenvalue weighted by Crippen LogP contribution is 2.14. The molecule has 0 bridgehead atoms. The van der Waals surface area contributed by atoms with Gasteiger partial charge in [-0.05, 0) is 37.9 Å². The maximum absolute atomic E-state index is 12.4. The monoisotopic (exact) mass is 281 g/mol. The number of hydrogen-bond acceptors (Lipinski definition) is 2. The Hall–Kier alpha value is -0.670. The van der Waals surface area contributed by atoms with Gasteiger partial charge in [0.2, 0.25) is 0 Å². The molecule has 0 saturated carbocycles. The zero-order valence-corrected chi connectivity index (χ0v) is 13.4.